The molecule has 2 aromatic rings. The average Bonchev–Trinajstić information content (AvgIpc) is 3.06. The first-order valence-electron chi connectivity index (χ1n) is 9.26. The monoisotopic (exact) mass is 374 g/mol. The Labute approximate surface area is 163 Å². The maximum Gasteiger partial charge on any atom is 0.162 e. The lowest BCUT2D eigenvalue weighted by atomic mass is 9.68. The summed E-state index contributed by atoms with van der Waals surface area (Å²) in [7, 11) is 0. The van der Waals surface area contributed by atoms with Crippen molar-refractivity contribution in [1.29, 1.82) is 5.26 Å². The number of aryl methyl sites for hydroxylation is 1. The summed E-state index contributed by atoms with van der Waals surface area (Å²) in [6, 6.07) is 11.9. The van der Waals surface area contributed by atoms with Crippen molar-refractivity contribution >= 4 is 11.5 Å². The van der Waals surface area contributed by atoms with Crippen molar-refractivity contribution in [2.45, 2.75) is 39.5 Å². The van der Waals surface area contributed by atoms with Crippen LogP contribution in [0.3, 0.4) is 0 Å². The fourth-order valence-electron chi connectivity index (χ4n) is 4.27. The Morgan fingerprint density at radius 1 is 1.29 bits per heavy atom. The molecule has 0 saturated heterocycles. The predicted molar refractivity (Wildman–Crippen MR) is 105 cm³/mol. The lowest BCUT2D eigenvalue weighted by Gasteiger charge is -2.43. The Morgan fingerprint density at radius 3 is 2.61 bits per heavy atom. The van der Waals surface area contributed by atoms with E-state index in [0.717, 1.165) is 11.4 Å². The van der Waals surface area contributed by atoms with E-state index < -0.39 is 5.92 Å². The SMILES string of the molecule is Cc1nocc1[C@@H]1C(C#N)=C(N)N(c2ccccc2)C2=C1C(=O)CC(C)(C)C2. The minimum Gasteiger partial charge on any atom is -0.384 e. The van der Waals surface area contributed by atoms with Crippen LogP contribution in [0, 0.1) is 23.7 Å². The van der Waals surface area contributed by atoms with E-state index in [1.165, 1.54) is 6.26 Å². The molecular weight excluding hydrogens is 352 g/mol. The van der Waals surface area contributed by atoms with Gasteiger partial charge in [-0.15, -0.1) is 0 Å². The molecule has 2 aliphatic rings. The maximum atomic E-state index is 13.3. The van der Waals surface area contributed by atoms with Gasteiger partial charge in [0.25, 0.3) is 0 Å². The number of nitrogens with two attached hydrogens (primary N) is 1. The number of nitrogens with zero attached hydrogens (tertiary/aromatic N) is 3. The van der Waals surface area contributed by atoms with E-state index in [9.17, 15) is 10.1 Å². The normalized spacial score (nSPS) is 21.6. The molecule has 2 N–H and O–H groups in total. The third-order valence-corrected chi connectivity index (χ3v) is 5.49. The molecule has 0 amide bonds. The number of nitriles is 1. The van der Waals surface area contributed by atoms with Crippen LogP contribution < -0.4 is 10.6 Å². The third-order valence-electron chi connectivity index (χ3n) is 5.49. The number of ketones is 1. The van der Waals surface area contributed by atoms with Gasteiger partial charge in [0, 0.05) is 28.9 Å². The topological polar surface area (TPSA) is 96.2 Å². The number of anilines is 1. The number of benzene rings is 1. The zero-order valence-electron chi connectivity index (χ0n) is 16.2. The number of aromatic nitrogens is 1. The molecule has 0 radical (unpaired) electrons. The van der Waals surface area contributed by atoms with Gasteiger partial charge < -0.3 is 10.3 Å². The third kappa shape index (κ3) is 2.71. The molecular formula is C22H22N4O2. The lowest BCUT2D eigenvalue weighted by Crippen LogP contribution is -2.42. The van der Waals surface area contributed by atoms with E-state index in [2.05, 4.69) is 25.1 Å². The maximum absolute atomic E-state index is 13.3. The molecule has 1 aliphatic heterocycles. The van der Waals surface area contributed by atoms with E-state index in [1.54, 1.807) is 0 Å². The number of hydrogen-bond acceptors (Lipinski definition) is 6. The van der Waals surface area contributed by atoms with Gasteiger partial charge >= 0.3 is 0 Å². The van der Waals surface area contributed by atoms with Gasteiger partial charge in [-0.3, -0.25) is 9.69 Å². The Morgan fingerprint density at radius 2 is 2.00 bits per heavy atom. The van der Waals surface area contributed by atoms with Crippen molar-refractivity contribution in [1.82, 2.24) is 5.16 Å². The Kier molecular flexibility index (Phi) is 4.11. The second-order valence-electron chi connectivity index (χ2n) is 8.17. The molecule has 1 aliphatic carbocycles. The first-order chi connectivity index (χ1) is 13.3. The highest BCUT2D eigenvalue weighted by atomic mass is 16.5. The highest BCUT2D eigenvalue weighted by molar-refractivity contribution is 6.01. The number of hydrogen-bond donors (Lipinski definition) is 1. The van der Waals surface area contributed by atoms with Crippen LogP contribution in [0.1, 0.15) is 43.9 Å². The molecule has 6 heteroatoms. The van der Waals surface area contributed by atoms with Crippen LogP contribution in [-0.4, -0.2) is 10.9 Å². The van der Waals surface area contributed by atoms with Crippen LogP contribution >= 0.6 is 0 Å². The molecule has 0 fully saturated rings. The summed E-state index contributed by atoms with van der Waals surface area (Å²) in [6.45, 7) is 5.97. The summed E-state index contributed by atoms with van der Waals surface area (Å²) in [5.41, 5.74) is 10.4. The Balaban J connectivity index is 2.02. The lowest BCUT2D eigenvalue weighted by molar-refractivity contribution is -0.118. The number of Topliss-reactive ketones (excluding diaryl/α,β-unsaturated/α-hetero) is 1. The fourth-order valence-corrected chi connectivity index (χ4v) is 4.27. The van der Waals surface area contributed by atoms with Gasteiger partial charge in [0.05, 0.1) is 23.3 Å². The summed E-state index contributed by atoms with van der Waals surface area (Å²) < 4.78 is 5.12. The molecule has 2 heterocycles. The van der Waals surface area contributed by atoms with Crippen LogP contribution in [0.5, 0.6) is 0 Å². The molecule has 0 spiro atoms. The second-order valence-corrected chi connectivity index (χ2v) is 8.17. The fraction of sp³-hybridized carbons (Fsp3) is 0.318. The van der Waals surface area contributed by atoms with Gasteiger partial charge in [-0.25, -0.2) is 0 Å². The van der Waals surface area contributed by atoms with Crippen molar-refractivity contribution in [2.24, 2.45) is 11.1 Å². The minimum atomic E-state index is -0.546. The quantitative estimate of drug-likeness (QED) is 0.856. The molecule has 28 heavy (non-hydrogen) atoms. The molecule has 1 aromatic carbocycles. The van der Waals surface area contributed by atoms with Crippen LogP contribution in [0.15, 0.2) is 63.8 Å². The smallest absolute Gasteiger partial charge is 0.162 e. The minimum absolute atomic E-state index is 0.0398. The Bertz CT molecular complexity index is 1050. The highest BCUT2D eigenvalue weighted by Crippen LogP contribution is 2.50. The van der Waals surface area contributed by atoms with Gasteiger partial charge in [-0.1, -0.05) is 37.2 Å². The van der Waals surface area contributed by atoms with Crippen molar-refractivity contribution in [2.75, 3.05) is 4.90 Å². The molecule has 142 valence electrons. The largest absolute Gasteiger partial charge is 0.384 e. The molecule has 0 unspecified atom stereocenters. The average molecular weight is 374 g/mol. The van der Waals surface area contributed by atoms with Gasteiger partial charge in [0.15, 0.2) is 5.78 Å². The first kappa shape index (κ1) is 18.1. The van der Waals surface area contributed by atoms with Crippen LogP contribution in [0.2, 0.25) is 0 Å². The van der Waals surface area contributed by atoms with E-state index in [0.29, 0.717) is 41.1 Å². The molecule has 4 rings (SSSR count). The van der Waals surface area contributed by atoms with Crippen LogP contribution in [0.4, 0.5) is 5.69 Å². The van der Waals surface area contributed by atoms with Gasteiger partial charge in [0.2, 0.25) is 0 Å². The predicted octanol–water partition coefficient (Wildman–Crippen LogP) is 3.92. The van der Waals surface area contributed by atoms with Gasteiger partial charge in [-0.05, 0) is 30.9 Å². The van der Waals surface area contributed by atoms with Crippen molar-refractivity contribution in [3.63, 3.8) is 0 Å². The van der Waals surface area contributed by atoms with Crippen molar-refractivity contribution in [3.8, 4) is 6.07 Å². The summed E-state index contributed by atoms with van der Waals surface area (Å²) in [5.74, 6) is -0.156. The summed E-state index contributed by atoms with van der Waals surface area (Å²) in [5, 5.41) is 13.9. The van der Waals surface area contributed by atoms with E-state index >= 15 is 0 Å². The van der Waals surface area contributed by atoms with E-state index in [4.69, 9.17) is 10.3 Å². The summed E-state index contributed by atoms with van der Waals surface area (Å²) in [6.07, 6.45) is 2.62. The zero-order valence-corrected chi connectivity index (χ0v) is 16.2. The number of allylic oxidation sites excluding steroid dienone is 3. The number of rotatable bonds is 2. The molecule has 0 bridgehead atoms. The number of para-hydroxylation sites is 1. The zero-order chi connectivity index (χ0) is 20.1. The number of carbonyl (C=O) groups excluding carboxylic acids is 1. The molecule has 6 nitrogen and oxygen atoms in total. The van der Waals surface area contributed by atoms with Crippen molar-refractivity contribution in [3.05, 3.63) is 70.5 Å². The molecule has 1 aromatic heterocycles. The highest BCUT2D eigenvalue weighted by Gasteiger charge is 2.45. The van der Waals surface area contributed by atoms with Crippen LogP contribution in [-0.2, 0) is 4.79 Å². The van der Waals surface area contributed by atoms with Gasteiger partial charge in [0.1, 0.15) is 12.1 Å². The molecule has 1 atom stereocenters. The first-order valence-corrected chi connectivity index (χ1v) is 9.26. The Hall–Kier alpha value is -3.33. The summed E-state index contributed by atoms with van der Waals surface area (Å²) in [4.78, 5) is 15.2. The van der Waals surface area contributed by atoms with E-state index in [-0.39, 0.29) is 11.2 Å². The van der Waals surface area contributed by atoms with Crippen LogP contribution in [0.25, 0.3) is 0 Å². The summed E-state index contributed by atoms with van der Waals surface area (Å²) >= 11 is 0. The standard InChI is InChI=1S/C22H22N4O2/c1-13-16(12-28-25-13)19-15(11-23)21(24)26(14-7-5-4-6-8-14)17-9-22(2,3)10-18(27)20(17)19/h4-8,12,19H,9-10,24H2,1-3H3/t19-/m0/s1. The molecule has 0 saturated carbocycles. The van der Waals surface area contributed by atoms with E-state index in [1.807, 2.05) is 42.2 Å². The second kappa shape index (κ2) is 6.38. The number of carbonyl (C=O) groups is 1. The van der Waals surface area contributed by atoms with Gasteiger partial charge in [-0.2, -0.15) is 5.26 Å². The van der Waals surface area contributed by atoms with Crippen molar-refractivity contribution < 1.29 is 9.32 Å².